The number of carbonyl (C=O) groups excluding carboxylic acids is 1. The standard InChI is InChI=1S/C16H25BrN2O/c1-11(13-7-5-6-8-14(13)17)19-15(20)12(10-18)9-16(2,3)4/h5-8,11-12H,9-10,18H2,1-4H3,(H,19,20). The largest absolute Gasteiger partial charge is 0.349 e. The summed E-state index contributed by atoms with van der Waals surface area (Å²) in [5.41, 5.74) is 6.93. The van der Waals surface area contributed by atoms with Gasteiger partial charge in [0, 0.05) is 11.0 Å². The summed E-state index contributed by atoms with van der Waals surface area (Å²) in [5.74, 6) is -0.106. The molecular weight excluding hydrogens is 316 g/mol. The van der Waals surface area contributed by atoms with Crippen LogP contribution in [0.15, 0.2) is 28.7 Å². The fourth-order valence-corrected chi connectivity index (χ4v) is 2.89. The minimum absolute atomic E-state index is 0.0330. The molecule has 1 aromatic rings. The Morgan fingerprint density at radius 2 is 1.95 bits per heavy atom. The summed E-state index contributed by atoms with van der Waals surface area (Å²) in [5, 5.41) is 3.06. The average Bonchev–Trinajstić information content (AvgIpc) is 2.35. The minimum atomic E-state index is -0.139. The molecule has 2 atom stereocenters. The van der Waals surface area contributed by atoms with E-state index in [4.69, 9.17) is 5.73 Å². The summed E-state index contributed by atoms with van der Waals surface area (Å²) in [7, 11) is 0. The van der Waals surface area contributed by atoms with Gasteiger partial charge in [0.25, 0.3) is 0 Å². The van der Waals surface area contributed by atoms with Crippen LogP contribution in [0.25, 0.3) is 0 Å². The van der Waals surface area contributed by atoms with Crippen LogP contribution >= 0.6 is 15.9 Å². The van der Waals surface area contributed by atoms with Crippen LogP contribution in [0.4, 0.5) is 0 Å². The van der Waals surface area contributed by atoms with Crippen molar-refractivity contribution in [1.82, 2.24) is 5.32 Å². The molecule has 0 heterocycles. The van der Waals surface area contributed by atoms with E-state index >= 15 is 0 Å². The van der Waals surface area contributed by atoms with Crippen LogP contribution in [-0.2, 0) is 4.79 Å². The molecule has 0 spiro atoms. The second kappa shape index (κ2) is 7.23. The van der Waals surface area contributed by atoms with Crippen LogP contribution in [0.2, 0.25) is 0 Å². The summed E-state index contributed by atoms with van der Waals surface area (Å²) in [6.45, 7) is 8.74. The van der Waals surface area contributed by atoms with Gasteiger partial charge in [0.05, 0.1) is 12.0 Å². The van der Waals surface area contributed by atoms with E-state index < -0.39 is 0 Å². The zero-order chi connectivity index (χ0) is 15.3. The Morgan fingerprint density at radius 3 is 2.45 bits per heavy atom. The molecule has 0 saturated heterocycles. The lowest BCUT2D eigenvalue weighted by Crippen LogP contribution is -2.38. The molecule has 0 aliphatic heterocycles. The first-order chi connectivity index (χ1) is 9.24. The van der Waals surface area contributed by atoms with Crippen LogP contribution in [0.1, 0.15) is 45.7 Å². The molecule has 3 nitrogen and oxygen atoms in total. The molecule has 0 aromatic heterocycles. The smallest absolute Gasteiger partial charge is 0.224 e. The average molecular weight is 341 g/mol. The first-order valence-corrected chi connectivity index (χ1v) is 7.79. The molecule has 0 saturated carbocycles. The van der Waals surface area contributed by atoms with Crippen molar-refractivity contribution in [2.45, 2.75) is 40.2 Å². The Bertz CT molecular complexity index is 454. The van der Waals surface area contributed by atoms with Gasteiger partial charge in [-0.25, -0.2) is 0 Å². The van der Waals surface area contributed by atoms with E-state index in [0.29, 0.717) is 6.54 Å². The molecule has 3 N–H and O–H groups in total. The molecule has 0 fully saturated rings. The topological polar surface area (TPSA) is 55.1 Å². The Balaban J connectivity index is 2.71. The van der Waals surface area contributed by atoms with Crippen LogP contribution in [0.5, 0.6) is 0 Å². The quantitative estimate of drug-likeness (QED) is 0.859. The molecule has 1 amide bonds. The van der Waals surface area contributed by atoms with E-state index in [0.717, 1.165) is 16.5 Å². The summed E-state index contributed by atoms with van der Waals surface area (Å²) < 4.78 is 1.01. The molecular formula is C16H25BrN2O. The number of halogens is 1. The number of amides is 1. The second-order valence-corrected chi connectivity index (χ2v) is 7.30. The van der Waals surface area contributed by atoms with Crippen LogP contribution < -0.4 is 11.1 Å². The number of benzene rings is 1. The van der Waals surface area contributed by atoms with Crippen molar-refractivity contribution in [3.05, 3.63) is 34.3 Å². The van der Waals surface area contributed by atoms with Crippen molar-refractivity contribution in [1.29, 1.82) is 0 Å². The van der Waals surface area contributed by atoms with E-state index in [1.165, 1.54) is 0 Å². The number of carbonyl (C=O) groups is 1. The number of rotatable bonds is 5. The van der Waals surface area contributed by atoms with Gasteiger partial charge in [-0.2, -0.15) is 0 Å². The molecule has 0 bridgehead atoms. The lowest BCUT2D eigenvalue weighted by atomic mass is 9.84. The van der Waals surface area contributed by atoms with E-state index in [1.54, 1.807) is 0 Å². The fourth-order valence-electron chi connectivity index (χ4n) is 2.26. The highest BCUT2D eigenvalue weighted by Gasteiger charge is 2.25. The Hall–Kier alpha value is -0.870. The molecule has 0 aliphatic rings. The maximum Gasteiger partial charge on any atom is 0.224 e. The van der Waals surface area contributed by atoms with Gasteiger partial charge < -0.3 is 11.1 Å². The van der Waals surface area contributed by atoms with E-state index in [2.05, 4.69) is 42.0 Å². The predicted octanol–water partition coefficient (Wildman–Crippen LogP) is 3.64. The predicted molar refractivity (Wildman–Crippen MR) is 87.3 cm³/mol. The summed E-state index contributed by atoms with van der Waals surface area (Å²) in [6, 6.07) is 7.89. The van der Waals surface area contributed by atoms with Gasteiger partial charge in [0.1, 0.15) is 0 Å². The zero-order valence-electron chi connectivity index (χ0n) is 12.7. The highest BCUT2D eigenvalue weighted by Crippen LogP contribution is 2.26. The first-order valence-electron chi connectivity index (χ1n) is 6.99. The highest BCUT2D eigenvalue weighted by molar-refractivity contribution is 9.10. The maximum absolute atomic E-state index is 12.3. The highest BCUT2D eigenvalue weighted by atomic mass is 79.9. The lowest BCUT2D eigenvalue weighted by Gasteiger charge is -2.26. The molecule has 0 radical (unpaired) electrons. The summed E-state index contributed by atoms with van der Waals surface area (Å²) >= 11 is 3.51. The Kier molecular flexibility index (Phi) is 6.21. The van der Waals surface area contributed by atoms with Crippen LogP contribution in [0, 0.1) is 11.3 Å². The third-order valence-corrected chi connectivity index (χ3v) is 3.97. The SMILES string of the molecule is CC(NC(=O)C(CN)CC(C)(C)C)c1ccccc1Br. The third kappa shape index (κ3) is 5.25. The van der Waals surface area contributed by atoms with E-state index in [9.17, 15) is 4.79 Å². The van der Waals surface area contributed by atoms with E-state index in [-0.39, 0.29) is 23.3 Å². The van der Waals surface area contributed by atoms with Gasteiger partial charge in [0.15, 0.2) is 0 Å². The van der Waals surface area contributed by atoms with Crippen molar-refractivity contribution in [3.63, 3.8) is 0 Å². The van der Waals surface area contributed by atoms with Crippen molar-refractivity contribution >= 4 is 21.8 Å². The van der Waals surface area contributed by atoms with Gasteiger partial charge in [0.2, 0.25) is 5.91 Å². The van der Waals surface area contributed by atoms with Crippen molar-refractivity contribution in [3.8, 4) is 0 Å². The molecule has 2 unspecified atom stereocenters. The maximum atomic E-state index is 12.3. The number of nitrogens with one attached hydrogen (secondary N) is 1. The molecule has 20 heavy (non-hydrogen) atoms. The van der Waals surface area contributed by atoms with Crippen LogP contribution in [0.3, 0.4) is 0 Å². The second-order valence-electron chi connectivity index (χ2n) is 6.45. The first kappa shape index (κ1) is 17.2. The van der Waals surface area contributed by atoms with Gasteiger partial charge >= 0.3 is 0 Å². The lowest BCUT2D eigenvalue weighted by molar-refractivity contribution is -0.126. The summed E-state index contributed by atoms with van der Waals surface area (Å²) in [4.78, 5) is 12.3. The van der Waals surface area contributed by atoms with Gasteiger partial charge in [-0.15, -0.1) is 0 Å². The van der Waals surface area contributed by atoms with E-state index in [1.807, 2.05) is 31.2 Å². The fraction of sp³-hybridized carbons (Fsp3) is 0.562. The molecule has 0 aliphatic carbocycles. The number of nitrogens with two attached hydrogens (primary N) is 1. The Morgan fingerprint density at radius 1 is 1.35 bits per heavy atom. The normalized spacial score (nSPS) is 14.7. The summed E-state index contributed by atoms with van der Waals surface area (Å²) in [6.07, 6.45) is 0.790. The van der Waals surface area contributed by atoms with Gasteiger partial charge in [-0.3, -0.25) is 4.79 Å². The van der Waals surface area contributed by atoms with Gasteiger partial charge in [-0.1, -0.05) is 54.9 Å². The monoisotopic (exact) mass is 340 g/mol. The minimum Gasteiger partial charge on any atom is -0.349 e. The third-order valence-electron chi connectivity index (χ3n) is 3.24. The van der Waals surface area contributed by atoms with Crippen molar-refractivity contribution in [2.75, 3.05) is 6.54 Å². The Labute approximate surface area is 130 Å². The van der Waals surface area contributed by atoms with Crippen LogP contribution in [-0.4, -0.2) is 12.5 Å². The van der Waals surface area contributed by atoms with Crippen molar-refractivity contribution < 1.29 is 4.79 Å². The molecule has 4 heteroatoms. The van der Waals surface area contributed by atoms with Gasteiger partial charge in [-0.05, 0) is 30.4 Å². The molecule has 1 aromatic carbocycles. The molecule has 112 valence electrons. The van der Waals surface area contributed by atoms with Crippen molar-refractivity contribution in [2.24, 2.45) is 17.1 Å². The molecule has 1 rings (SSSR count). The number of hydrogen-bond acceptors (Lipinski definition) is 2. The number of hydrogen-bond donors (Lipinski definition) is 2. The zero-order valence-corrected chi connectivity index (χ0v) is 14.3.